The zero-order valence-corrected chi connectivity index (χ0v) is 31.5. The molecular weight excluding hydrogens is 789 g/mol. The maximum atomic E-state index is 12.5. The summed E-state index contributed by atoms with van der Waals surface area (Å²) in [5, 5.41) is 8.15. The SMILES string of the molecule is CN1[C@@H](CSCC(F)(F)F)Nc2cc(Cl)c(S(N)(=O)=O)cc2S1(=O)=O.COc1cc2nc(N3CCN(C(=O)c4ccco4)CC3)nc(N)c2cc1OC. The van der Waals surface area contributed by atoms with Crippen LogP contribution in [0.1, 0.15) is 10.6 Å². The predicted octanol–water partition coefficient (Wildman–Crippen LogP) is 3.44. The number of nitrogens with two attached hydrogens (primary N) is 2. The lowest BCUT2D eigenvalue weighted by atomic mass is 10.2. The lowest BCUT2D eigenvalue weighted by Crippen LogP contribution is -2.49. The number of halogens is 4. The average molecular weight is 823 g/mol. The molecule has 53 heavy (non-hydrogen) atoms. The number of benzene rings is 2. The van der Waals surface area contributed by atoms with Crippen molar-refractivity contribution in [2.45, 2.75) is 22.1 Å². The van der Waals surface area contributed by atoms with Crippen molar-refractivity contribution < 1.29 is 48.7 Å². The van der Waals surface area contributed by atoms with Gasteiger partial charge in [0.2, 0.25) is 26.0 Å². The fraction of sp³-hybridized carbons (Fsp3) is 0.367. The van der Waals surface area contributed by atoms with Crippen LogP contribution in [0.2, 0.25) is 5.02 Å². The first kappa shape index (κ1) is 40.0. The number of amides is 1. The molecular formula is C30H34ClF3N8O8S3. The summed E-state index contributed by atoms with van der Waals surface area (Å²) in [7, 11) is -4.07. The molecule has 6 rings (SSSR count). The number of fused-ring (bicyclic) bond motifs is 2. The molecule has 0 saturated carbocycles. The highest BCUT2D eigenvalue weighted by atomic mass is 35.5. The Morgan fingerprint density at radius 1 is 1.11 bits per heavy atom. The summed E-state index contributed by atoms with van der Waals surface area (Å²) < 4.78 is 101. The lowest BCUT2D eigenvalue weighted by Gasteiger charge is -2.35. The van der Waals surface area contributed by atoms with Crippen molar-refractivity contribution >= 4 is 77.7 Å². The van der Waals surface area contributed by atoms with E-state index in [9.17, 15) is 34.8 Å². The van der Waals surface area contributed by atoms with Crippen molar-refractivity contribution in [2.75, 3.05) is 74.9 Å². The van der Waals surface area contributed by atoms with Gasteiger partial charge in [0.05, 0.1) is 42.5 Å². The Morgan fingerprint density at radius 3 is 2.36 bits per heavy atom. The monoisotopic (exact) mass is 822 g/mol. The highest BCUT2D eigenvalue weighted by Gasteiger charge is 2.38. The highest BCUT2D eigenvalue weighted by molar-refractivity contribution is 7.99. The Kier molecular flexibility index (Phi) is 11.8. The number of piperazine rings is 1. The summed E-state index contributed by atoms with van der Waals surface area (Å²) >= 11 is 6.34. The number of nitrogens with one attached hydrogen (secondary N) is 1. The van der Waals surface area contributed by atoms with Gasteiger partial charge in [-0.05, 0) is 30.3 Å². The summed E-state index contributed by atoms with van der Waals surface area (Å²) in [6.07, 6.45) is -3.83. The number of furan rings is 1. The minimum absolute atomic E-state index is 0.00638. The van der Waals surface area contributed by atoms with E-state index < -0.39 is 43.0 Å². The van der Waals surface area contributed by atoms with E-state index in [0.717, 1.165) is 16.4 Å². The van der Waals surface area contributed by atoms with Crippen molar-refractivity contribution in [3.8, 4) is 11.5 Å². The zero-order chi connectivity index (χ0) is 38.9. The summed E-state index contributed by atoms with van der Waals surface area (Å²) in [5.41, 5.74) is 6.84. The van der Waals surface area contributed by atoms with E-state index in [2.05, 4.69) is 15.3 Å². The first-order valence-electron chi connectivity index (χ1n) is 15.4. The molecule has 2 aliphatic heterocycles. The zero-order valence-electron chi connectivity index (χ0n) is 28.3. The molecule has 2 aromatic heterocycles. The van der Waals surface area contributed by atoms with Crippen molar-refractivity contribution in [2.24, 2.45) is 5.14 Å². The number of primary sulfonamides is 1. The molecule has 2 aliphatic rings. The van der Waals surface area contributed by atoms with Gasteiger partial charge in [0.25, 0.3) is 5.91 Å². The Balaban J connectivity index is 0.000000206. The number of aromatic nitrogens is 2. The standard InChI is InChI=1S/C19H21N5O4.C11H13ClF3N3O4S3/c1-26-15-10-12-13(11-16(15)27-2)21-19(22-17(12)20)24-7-5-23(6-8-24)18(25)14-4-3-9-28-14;1-18-10(4-23-5-11(13,14)15)17-7-2-6(12)8(24(16,19)20)3-9(7)25(18,21)22/h3-4,9-11H,5-8H2,1-2H3,(H2,20,21,22);2-3,10,17H,4-5H2,1H3,(H2,16,19,20)/t;10-/m.0/s1. The Labute approximate surface area is 311 Å². The molecule has 0 aliphatic carbocycles. The van der Waals surface area contributed by atoms with Crippen LogP contribution >= 0.6 is 23.4 Å². The van der Waals surface area contributed by atoms with E-state index in [1.54, 1.807) is 43.4 Å². The van der Waals surface area contributed by atoms with E-state index in [-0.39, 0.29) is 27.3 Å². The number of methoxy groups -OCH3 is 2. The third-order valence-electron chi connectivity index (χ3n) is 8.10. The summed E-state index contributed by atoms with van der Waals surface area (Å²) in [6.45, 7) is 2.30. The second-order valence-corrected chi connectivity index (χ2v) is 16.5. The summed E-state index contributed by atoms with van der Waals surface area (Å²) in [5.74, 6) is 0.981. The number of ether oxygens (including phenoxy) is 2. The first-order chi connectivity index (χ1) is 24.8. The normalized spacial score (nSPS) is 17.4. The lowest BCUT2D eigenvalue weighted by molar-refractivity contribution is -0.105. The minimum Gasteiger partial charge on any atom is -0.493 e. The largest absolute Gasteiger partial charge is 0.493 e. The molecule has 16 nitrogen and oxygen atoms in total. The van der Waals surface area contributed by atoms with Gasteiger partial charge in [0.15, 0.2) is 17.3 Å². The van der Waals surface area contributed by atoms with Gasteiger partial charge in [-0.3, -0.25) is 4.79 Å². The van der Waals surface area contributed by atoms with Crippen LogP contribution in [0.5, 0.6) is 11.5 Å². The van der Waals surface area contributed by atoms with Crippen LogP contribution in [-0.4, -0.2) is 113 Å². The molecule has 5 N–H and O–H groups in total. The number of hydrogen-bond donors (Lipinski definition) is 3. The van der Waals surface area contributed by atoms with Gasteiger partial charge in [0.1, 0.15) is 21.8 Å². The molecule has 4 heterocycles. The van der Waals surface area contributed by atoms with Crippen molar-refractivity contribution in [1.29, 1.82) is 0 Å². The Hall–Kier alpha value is -4.22. The molecule has 0 unspecified atom stereocenters. The predicted molar refractivity (Wildman–Crippen MR) is 192 cm³/mol. The van der Waals surface area contributed by atoms with Crippen LogP contribution in [0.3, 0.4) is 0 Å². The smallest absolute Gasteiger partial charge is 0.397 e. The fourth-order valence-electron chi connectivity index (χ4n) is 5.38. The molecule has 0 radical (unpaired) electrons. The van der Waals surface area contributed by atoms with Gasteiger partial charge < -0.3 is 34.7 Å². The third kappa shape index (κ3) is 8.95. The van der Waals surface area contributed by atoms with Crippen LogP contribution in [-0.2, 0) is 20.0 Å². The number of thioether (sulfide) groups is 1. The highest BCUT2D eigenvalue weighted by Crippen LogP contribution is 2.38. The number of carbonyl (C=O) groups excluding carboxylic acids is 1. The average Bonchev–Trinajstić information content (AvgIpc) is 3.64. The van der Waals surface area contributed by atoms with Gasteiger partial charge in [0, 0.05) is 50.4 Å². The van der Waals surface area contributed by atoms with E-state index >= 15 is 0 Å². The number of nitrogen functional groups attached to an aromatic ring is 1. The van der Waals surface area contributed by atoms with Crippen molar-refractivity contribution in [3.63, 3.8) is 0 Å². The first-order valence-corrected chi connectivity index (χ1v) is 19.9. The fourth-order valence-corrected chi connectivity index (χ4v) is 8.96. The molecule has 1 atom stereocenters. The molecule has 23 heteroatoms. The number of nitrogens with zero attached hydrogens (tertiary/aromatic N) is 5. The van der Waals surface area contributed by atoms with E-state index in [1.807, 2.05) is 4.90 Å². The second-order valence-electron chi connectivity index (χ2n) is 11.5. The molecule has 1 amide bonds. The van der Waals surface area contributed by atoms with Gasteiger partial charge in [-0.2, -0.15) is 22.5 Å². The quantitative estimate of drug-likeness (QED) is 0.232. The number of hydrogen-bond acceptors (Lipinski definition) is 14. The molecule has 1 fully saturated rings. The van der Waals surface area contributed by atoms with E-state index in [0.29, 0.717) is 77.9 Å². The number of carbonyl (C=O) groups is 1. The van der Waals surface area contributed by atoms with E-state index in [1.165, 1.54) is 13.3 Å². The van der Waals surface area contributed by atoms with Gasteiger partial charge in [-0.1, -0.05) is 11.6 Å². The van der Waals surface area contributed by atoms with Crippen molar-refractivity contribution in [1.82, 2.24) is 19.2 Å². The minimum atomic E-state index is -4.37. The van der Waals surface area contributed by atoms with Crippen LogP contribution < -0.4 is 30.6 Å². The number of anilines is 3. The summed E-state index contributed by atoms with van der Waals surface area (Å²) in [6, 6.07) is 8.83. The third-order valence-corrected chi connectivity index (χ3v) is 12.5. The van der Waals surface area contributed by atoms with Gasteiger partial charge in [-0.15, -0.1) is 11.8 Å². The number of rotatable bonds is 8. The van der Waals surface area contributed by atoms with Gasteiger partial charge in [-0.25, -0.2) is 27.0 Å². The Bertz CT molecular complexity index is 2210. The molecule has 4 aromatic rings. The molecule has 288 valence electrons. The van der Waals surface area contributed by atoms with Crippen molar-refractivity contribution in [3.05, 3.63) is 53.4 Å². The van der Waals surface area contributed by atoms with Crippen LogP contribution in [0.4, 0.5) is 30.6 Å². The summed E-state index contributed by atoms with van der Waals surface area (Å²) in [4.78, 5) is 24.3. The van der Waals surface area contributed by atoms with Crippen LogP contribution in [0.25, 0.3) is 10.9 Å². The Morgan fingerprint density at radius 2 is 1.77 bits per heavy atom. The second kappa shape index (κ2) is 15.6. The molecule has 0 bridgehead atoms. The topological polar surface area (TPSA) is 217 Å². The molecule has 2 aromatic carbocycles. The maximum absolute atomic E-state index is 12.5. The maximum Gasteiger partial charge on any atom is 0.397 e. The molecule has 0 spiro atoms. The van der Waals surface area contributed by atoms with Crippen LogP contribution in [0, 0.1) is 0 Å². The number of alkyl halides is 3. The van der Waals surface area contributed by atoms with E-state index in [4.69, 9.17) is 36.4 Å². The molecule has 1 saturated heterocycles. The van der Waals surface area contributed by atoms with Crippen LogP contribution in [0.15, 0.2) is 56.9 Å². The number of sulfonamides is 2. The van der Waals surface area contributed by atoms with Gasteiger partial charge >= 0.3 is 6.18 Å².